The lowest BCUT2D eigenvalue weighted by Gasteiger charge is -2.39. The summed E-state index contributed by atoms with van der Waals surface area (Å²) in [6.07, 6.45) is 7.13. The van der Waals surface area contributed by atoms with Crippen molar-refractivity contribution in [2.45, 2.75) is 147 Å². The second kappa shape index (κ2) is 23.7. The smallest absolute Gasteiger partial charge is 0.409 e. The number of piperazine rings is 2. The summed E-state index contributed by atoms with van der Waals surface area (Å²) in [6.45, 7) is 16.0. The molecule has 0 radical (unpaired) electrons. The summed E-state index contributed by atoms with van der Waals surface area (Å²) in [6, 6.07) is 21.4. The van der Waals surface area contributed by atoms with Crippen LogP contribution < -0.4 is 25.2 Å². The number of nitrogens with one attached hydrogen (secondary N) is 2. The third kappa shape index (κ3) is 10.9. The fraction of sp³-hybridized carbons (Fsp3) is 0.508. The van der Waals surface area contributed by atoms with Crippen molar-refractivity contribution >= 4 is 62.6 Å². The minimum atomic E-state index is -0.864. The highest BCUT2D eigenvalue weighted by Gasteiger charge is 2.51. The molecule has 6 aliphatic heterocycles. The van der Waals surface area contributed by atoms with E-state index in [2.05, 4.69) is 60.6 Å². The van der Waals surface area contributed by atoms with Gasteiger partial charge in [-0.25, -0.2) is 14.2 Å². The average Bonchev–Trinajstić information content (AvgIpc) is 3.37. The van der Waals surface area contributed by atoms with Gasteiger partial charge in [0.15, 0.2) is 17.4 Å². The van der Waals surface area contributed by atoms with Gasteiger partial charge in [-0.05, 0) is 106 Å². The van der Waals surface area contributed by atoms with E-state index in [0.29, 0.717) is 61.1 Å². The van der Waals surface area contributed by atoms with Crippen LogP contribution in [-0.2, 0) is 20.7 Å². The number of hydrogen-bond acceptors (Lipinski definition) is 17. The molecule has 7 aromatic rings. The SMILES string of the molecule is CCc1cccc2cccc(-c3ncc4c(N5CC6CCC(C5)N6)nc(OC[C@]56CCCN5[C@H](COC(=O)N5CCN(c7cc([C@H](C(=O)N8C[C@H](O)C[C@H]8C(=O)N[C@@H](C)c8ccc(-c9scnc9C)cc8)C(C)C)on7)[C@H](C)C5)CC6)nc4c3F)c12. The van der Waals surface area contributed by atoms with Crippen LogP contribution in [-0.4, -0.2) is 164 Å². The summed E-state index contributed by atoms with van der Waals surface area (Å²) in [5.74, 6) is -0.542. The van der Waals surface area contributed by atoms with E-state index in [9.17, 15) is 19.5 Å². The molecule has 10 heterocycles. The van der Waals surface area contributed by atoms with Crippen LogP contribution in [0.25, 0.3) is 43.4 Å². The Morgan fingerprint density at radius 3 is 2.49 bits per heavy atom. The second-order valence-electron chi connectivity index (χ2n) is 25.1. The van der Waals surface area contributed by atoms with E-state index >= 15 is 4.39 Å². The van der Waals surface area contributed by atoms with E-state index in [1.165, 1.54) is 4.90 Å². The zero-order valence-corrected chi connectivity index (χ0v) is 50.7. The zero-order valence-electron chi connectivity index (χ0n) is 49.9. The molecule has 21 heteroatoms. The number of benzene rings is 3. The molecule has 6 aliphatic rings. The Hall–Kier alpha value is -7.33. The van der Waals surface area contributed by atoms with Crippen molar-refractivity contribution in [3.63, 3.8) is 0 Å². The lowest BCUT2D eigenvalue weighted by Crippen LogP contribution is -2.54. The van der Waals surface area contributed by atoms with Crippen molar-refractivity contribution < 1.29 is 37.9 Å². The first-order valence-electron chi connectivity index (χ1n) is 30.9. The summed E-state index contributed by atoms with van der Waals surface area (Å²) >= 11 is 1.58. The molecular formula is C65H77FN12O7S. The van der Waals surface area contributed by atoms with Gasteiger partial charge in [0.05, 0.1) is 39.2 Å². The van der Waals surface area contributed by atoms with Crippen molar-refractivity contribution in [3.05, 3.63) is 107 Å². The molecule has 3 amide bonds. The topological polar surface area (TPSA) is 208 Å². The monoisotopic (exact) mass is 1190 g/mol. The normalized spacial score (nSPS) is 24.7. The van der Waals surface area contributed by atoms with E-state index in [4.69, 9.17) is 28.9 Å². The van der Waals surface area contributed by atoms with Gasteiger partial charge in [-0.15, -0.1) is 11.3 Å². The average molecular weight is 1190 g/mol. The number of aliphatic hydroxyl groups excluding tert-OH is 1. The molecule has 0 aliphatic carbocycles. The predicted octanol–water partition coefficient (Wildman–Crippen LogP) is 9.21. The van der Waals surface area contributed by atoms with Gasteiger partial charge in [0.25, 0.3) is 0 Å². The highest BCUT2D eigenvalue weighted by atomic mass is 32.1. The number of aromatic nitrogens is 5. The van der Waals surface area contributed by atoms with Gasteiger partial charge >= 0.3 is 12.1 Å². The number of hydrogen-bond donors (Lipinski definition) is 3. The molecular weight excluding hydrogens is 1110 g/mol. The number of thiazole rings is 1. The summed E-state index contributed by atoms with van der Waals surface area (Å²) < 4.78 is 36.1. The van der Waals surface area contributed by atoms with Crippen LogP contribution in [0.2, 0.25) is 0 Å². The van der Waals surface area contributed by atoms with E-state index in [-0.39, 0.29) is 84.3 Å². The van der Waals surface area contributed by atoms with Gasteiger partial charge in [0, 0.05) is 87.7 Å². The molecule has 19 nitrogen and oxygen atoms in total. The fourth-order valence-corrected chi connectivity index (χ4v) is 15.6. The first-order chi connectivity index (χ1) is 41.6. The number of anilines is 2. The van der Waals surface area contributed by atoms with Crippen LogP contribution in [0.15, 0.2) is 83.0 Å². The fourth-order valence-electron chi connectivity index (χ4n) is 14.8. The Kier molecular flexibility index (Phi) is 15.9. The number of ether oxygens (including phenoxy) is 2. The Bertz CT molecular complexity index is 3660. The van der Waals surface area contributed by atoms with Gasteiger partial charge < -0.3 is 49.3 Å². The maximum atomic E-state index is 17.3. The van der Waals surface area contributed by atoms with E-state index < -0.39 is 23.9 Å². The first-order valence-corrected chi connectivity index (χ1v) is 31.7. The van der Waals surface area contributed by atoms with Crippen molar-refractivity contribution in [1.29, 1.82) is 0 Å². The standard InChI is InChI=1S/C65H77FN12O7S/c1-7-41-11-8-12-43-13-9-14-49(55(41)43)57-56(66)58-50(29-67-57)60(75-31-45-19-20-46(32-75)70-45)72-63(71-58)84-35-65-22-10-24-78(65)47(21-23-65)34-83-64(82)74-25-26-76(38(4)30-74)53-28-52(85-73-53)54(37(2)3)62(81)77-33-48(79)27-51(77)61(80)69-39(5)42-15-17-44(18-16-42)59-40(6)68-36-86-59/h8-9,11-18,28-29,36-39,45-48,51,54,70,79H,7,10,19-27,30-35H2,1-6H3,(H,69,80)/t38-,39+,45?,46?,47+,48-,51+,54-,65-/m1/s1. The maximum Gasteiger partial charge on any atom is 0.409 e. The molecule has 3 aromatic carbocycles. The molecule has 4 aromatic heterocycles. The number of likely N-dealkylation sites (tertiary alicyclic amines) is 1. The van der Waals surface area contributed by atoms with Crippen LogP contribution in [0, 0.1) is 18.7 Å². The largest absolute Gasteiger partial charge is 0.461 e. The molecule has 86 heavy (non-hydrogen) atoms. The van der Waals surface area contributed by atoms with Crippen LogP contribution in [0.1, 0.15) is 114 Å². The zero-order chi connectivity index (χ0) is 59.5. The molecule has 2 bridgehead atoms. The lowest BCUT2D eigenvalue weighted by molar-refractivity contribution is -0.141. The summed E-state index contributed by atoms with van der Waals surface area (Å²) in [5.41, 5.74) is 6.76. The number of aryl methyl sites for hydroxylation is 2. The molecule has 3 N–H and O–H groups in total. The van der Waals surface area contributed by atoms with Crippen molar-refractivity contribution in [3.8, 4) is 27.7 Å². The Morgan fingerprint density at radius 2 is 1.74 bits per heavy atom. The van der Waals surface area contributed by atoms with Crippen LogP contribution in [0.5, 0.6) is 6.01 Å². The number of fused-ring (bicyclic) bond motifs is 5. The summed E-state index contributed by atoms with van der Waals surface area (Å²) in [4.78, 5) is 72.5. The number of carbonyl (C=O) groups is 3. The number of carbonyl (C=O) groups excluding carboxylic acids is 3. The minimum Gasteiger partial charge on any atom is -0.461 e. The van der Waals surface area contributed by atoms with E-state index in [0.717, 1.165) is 108 Å². The highest BCUT2D eigenvalue weighted by molar-refractivity contribution is 7.13. The predicted molar refractivity (Wildman–Crippen MR) is 328 cm³/mol. The lowest BCUT2D eigenvalue weighted by atomic mass is 9.91. The molecule has 6 fully saturated rings. The van der Waals surface area contributed by atoms with Crippen LogP contribution in [0.4, 0.5) is 20.8 Å². The van der Waals surface area contributed by atoms with Crippen molar-refractivity contribution in [2.75, 3.05) is 68.8 Å². The van der Waals surface area contributed by atoms with Gasteiger partial charge in [0.2, 0.25) is 11.8 Å². The third-order valence-corrected chi connectivity index (χ3v) is 20.2. The summed E-state index contributed by atoms with van der Waals surface area (Å²) in [5, 5.41) is 24.7. The number of halogens is 1. The van der Waals surface area contributed by atoms with Crippen molar-refractivity contribution in [1.82, 2.24) is 50.4 Å². The van der Waals surface area contributed by atoms with E-state index in [1.807, 2.05) is 82.6 Å². The molecule has 13 rings (SSSR count). The number of β-amino-alcohol motifs (C(OH)–C–C–N with tert-alkyl or cyclic N) is 1. The number of rotatable bonds is 16. The number of nitrogens with zero attached hydrogens (tertiary/aromatic N) is 10. The Balaban J connectivity index is 0.638. The van der Waals surface area contributed by atoms with E-state index in [1.54, 1.807) is 28.5 Å². The van der Waals surface area contributed by atoms with Crippen LogP contribution in [0.3, 0.4) is 0 Å². The Morgan fingerprint density at radius 1 is 0.953 bits per heavy atom. The summed E-state index contributed by atoms with van der Waals surface area (Å²) in [7, 11) is 0. The molecule has 0 spiro atoms. The van der Waals surface area contributed by atoms with Crippen molar-refractivity contribution in [2.24, 2.45) is 5.92 Å². The quantitative estimate of drug-likeness (QED) is 0.0824. The molecule has 2 unspecified atom stereocenters. The van der Waals surface area contributed by atoms with Gasteiger partial charge in [-0.1, -0.05) is 86.6 Å². The van der Waals surface area contributed by atoms with Gasteiger partial charge in [0.1, 0.15) is 42.2 Å². The second-order valence-corrected chi connectivity index (χ2v) is 26.0. The minimum absolute atomic E-state index is 0.00206. The number of aliphatic hydroxyl groups is 1. The van der Waals surface area contributed by atoms with Crippen LogP contribution >= 0.6 is 11.3 Å². The highest BCUT2D eigenvalue weighted by Crippen LogP contribution is 2.44. The third-order valence-electron chi connectivity index (χ3n) is 19.3. The van der Waals surface area contributed by atoms with Gasteiger partial charge in [-0.2, -0.15) is 9.97 Å². The molecule has 0 saturated carbocycles. The Labute approximate surface area is 504 Å². The molecule has 9 atom stereocenters. The molecule has 6 saturated heterocycles. The van der Waals surface area contributed by atoms with Gasteiger partial charge in [-0.3, -0.25) is 19.5 Å². The first kappa shape index (κ1) is 57.7. The number of pyridine rings is 1. The number of amides is 3. The molecule has 452 valence electrons. The maximum absolute atomic E-state index is 17.3.